The van der Waals surface area contributed by atoms with Crippen LogP contribution in [-0.2, 0) is 6.42 Å². The number of Topliss-reactive ketones (excluding diaryl/α,β-unsaturated/α-hetero) is 1. The van der Waals surface area contributed by atoms with Crippen LogP contribution in [0.4, 0.5) is 0 Å². The maximum atomic E-state index is 11.9. The lowest BCUT2D eigenvalue weighted by Crippen LogP contribution is -2.05. The molecule has 3 nitrogen and oxygen atoms in total. The van der Waals surface area contributed by atoms with Gasteiger partial charge in [-0.25, -0.2) is 9.97 Å². The first-order valence-corrected chi connectivity index (χ1v) is 7.25. The third-order valence-electron chi connectivity index (χ3n) is 3.41. The molecule has 0 spiro atoms. The van der Waals surface area contributed by atoms with Crippen molar-refractivity contribution in [3.8, 4) is 11.4 Å². The molecule has 3 rings (SSSR count). The van der Waals surface area contributed by atoms with Gasteiger partial charge in [0.15, 0.2) is 11.6 Å². The minimum absolute atomic E-state index is 0.137. The van der Waals surface area contributed by atoms with E-state index < -0.39 is 0 Å². The van der Waals surface area contributed by atoms with E-state index in [1.807, 2.05) is 6.07 Å². The molecule has 1 aromatic heterocycles. The Morgan fingerprint density at radius 3 is 2.65 bits per heavy atom. The quantitative estimate of drug-likeness (QED) is 0.735. The molecule has 0 fully saturated rings. The molecule has 0 radical (unpaired) electrons. The number of carbonyl (C=O) groups is 1. The Kier molecular flexibility index (Phi) is 3.72. The van der Waals surface area contributed by atoms with Crippen LogP contribution in [0.1, 0.15) is 35.3 Å². The molecular weight excluding hydrogens is 295 g/mol. The molecule has 0 bridgehead atoms. The van der Waals surface area contributed by atoms with Gasteiger partial charge in [0.2, 0.25) is 0 Å². The van der Waals surface area contributed by atoms with Gasteiger partial charge in [-0.3, -0.25) is 4.79 Å². The molecule has 20 heavy (non-hydrogen) atoms. The van der Waals surface area contributed by atoms with E-state index >= 15 is 0 Å². The fourth-order valence-corrected chi connectivity index (χ4v) is 2.63. The van der Waals surface area contributed by atoms with Crippen LogP contribution < -0.4 is 0 Å². The lowest BCUT2D eigenvalue weighted by molar-refractivity contribution is 0.0981. The first-order chi connectivity index (χ1) is 9.65. The molecule has 1 aliphatic carbocycles. The number of benzene rings is 1. The van der Waals surface area contributed by atoms with Gasteiger partial charge in [0.25, 0.3) is 0 Å². The van der Waals surface area contributed by atoms with Crippen molar-refractivity contribution in [1.29, 1.82) is 0 Å². The zero-order valence-corrected chi connectivity index (χ0v) is 12.2. The molecule has 1 aliphatic rings. The summed E-state index contributed by atoms with van der Waals surface area (Å²) in [6.07, 6.45) is 4.93. The van der Waals surface area contributed by atoms with E-state index in [-0.39, 0.29) is 5.78 Å². The van der Waals surface area contributed by atoms with Crippen molar-refractivity contribution in [2.24, 2.45) is 0 Å². The van der Waals surface area contributed by atoms with Crippen LogP contribution in [0.2, 0.25) is 10.0 Å². The van der Waals surface area contributed by atoms with Crippen LogP contribution in [-0.4, -0.2) is 15.8 Å². The topological polar surface area (TPSA) is 42.9 Å². The maximum Gasteiger partial charge on any atom is 0.166 e. The summed E-state index contributed by atoms with van der Waals surface area (Å²) in [6, 6.07) is 5.29. The third-order valence-corrected chi connectivity index (χ3v) is 4.15. The van der Waals surface area contributed by atoms with Crippen LogP contribution in [0.3, 0.4) is 0 Å². The molecule has 102 valence electrons. The Balaban J connectivity index is 2.05. The Morgan fingerprint density at radius 2 is 1.85 bits per heavy atom. The lowest BCUT2D eigenvalue weighted by Gasteiger charge is -2.07. The highest BCUT2D eigenvalue weighted by Gasteiger charge is 2.18. The van der Waals surface area contributed by atoms with Gasteiger partial charge in [0.1, 0.15) is 0 Å². The monoisotopic (exact) mass is 306 g/mol. The molecule has 0 saturated carbocycles. The van der Waals surface area contributed by atoms with E-state index in [9.17, 15) is 4.79 Å². The Morgan fingerprint density at radius 1 is 1.05 bits per heavy atom. The van der Waals surface area contributed by atoms with Gasteiger partial charge in [-0.1, -0.05) is 23.2 Å². The van der Waals surface area contributed by atoms with Crippen LogP contribution in [0.5, 0.6) is 0 Å². The van der Waals surface area contributed by atoms with Gasteiger partial charge in [-0.2, -0.15) is 0 Å². The average molecular weight is 307 g/mol. The average Bonchev–Trinajstić information content (AvgIpc) is 2.63. The van der Waals surface area contributed by atoms with E-state index in [4.69, 9.17) is 23.2 Å². The number of aromatic nitrogens is 2. The Hall–Kier alpha value is -1.45. The van der Waals surface area contributed by atoms with Crippen LogP contribution in [0.25, 0.3) is 11.4 Å². The second-order valence-electron chi connectivity index (χ2n) is 4.81. The van der Waals surface area contributed by atoms with Crippen molar-refractivity contribution >= 4 is 29.0 Å². The first-order valence-electron chi connectivity index (χ1n) is 6.49. The second-order valence-corrected chi connectivity index (χ2v) is 5.63. The fraction of sp³-hybridized carbons (Fsp3) is 0.267. The van der Waals surface area contributed by atoms with Gasteiger partial charge >= 0.3 is 0 Å². The second kappa shape index (κ2) is 5.51. The van der Waals surface area contributed by atoms with E-state index in [0.29, 0.717) is 27.9 Å². The molecule has 5 heteroatoms. The predicted octanol–water partition coefficient (Wildman–Crippen LogP) is 4.36. The van der Waals surface area contributed by atoms with Crippen molar-refractivity contribution in [3.63, 3.8) is 0 Å². The molecule has 0 N–H and O–H groups in total. The smallest absolute Gasteiger partial charge is 0.166 e. The van der Waals surface area contributed by atoms with Crippen molar-refractivity contribution in [2.45, 2.75) is 25.7 Å². The third kappa shape index (κ3) is 2.56. The van der Waals surface area contributed by atoms with Crippen molar-refractivity contribution in [1.82, 2.24) is 9.97 Å². The summed E-state index contributed by atoms with van der Waals surface area (Å²) < 4.78 is 0. The number of rotatable bonds is 1. The number of ketones is 1. The number of carbonyl (C=O) groups excluding carboxylic acids is 1. The zero-order chi connectivity index (χ0) is 14.1. The highest BCUT2D eigenvalue weighted by molar-refractivity contribution is 6.42. The number of aryl methyl sites for hydroxylation is 1. The van der Waals surface area contributed by atoms with Crippen molar-refractivity contribution in [3.05, 3.63) is 45.7 Å². The number of hydrogen-bond acceptors (Lipinski definition) is 3. The molecule has 0 saturated heterocycles. The summed E-state index contributed by atoms with van der Waals surface area (Å²) in [5.41, 5.74) is 2.30. The lowest BCUT2D eigenvalue weighted by atomic mass is 10.1. The molecule has 1 heterocycles. The van der Waals surface area contributed by atoms with Gasteiger partial charge in [0.05, 0.1) is 21.3 Å². The number of hydrogen-bond donors (Lipinski definition) is 0. The van der Waals surface area contributed by atoms with Gasteiger partial charge in [-0.15, -0.1) is 0 Å². The summed E-state index contributed by atoms with van der Waals surface area (Å²) in [4.78, 5) is 20.8. The summed E-state index contributed by atoms with van der Waals surface area (Å²) in [6.45, 7) is 0. The van der Waals surface area contributed by atoms with Crippen LogP contribution in [0, 0.1) is 0 Å². The Bertz CT molecular complexity index is 686. The van der Waals surface area contributed by atoms with E-state index in [1.54, 1.807) is 18.3 Å². The zero-order valence-electron chi connectivity index (χ0n) is 10.7. The number of nitrogens with zero attached hydrogens (tertiary/aromatic N) is 2. The fourth-order valence-electron chi connectivity index (χ4n) is 2.33. The van der Waals surface area contributed by atoms with Crippen LogP contribution >= 0.6 is 23.2 Å². The highest BCUT2D eigenvalue weighted by Crippen LogP contribution is 2.28. The molecule has 0 unspecified atom stereocenters. The van der Waals surface area contributed by atoms with E-state index in [0.717, 1.165) is 30.5 Å². The van der Waals surface area contributed by atoms with Gasteiger partial charge in [0, 0.05) is 18.2 Å². The number of halogens is 2. The molecule has 1 aromatic carbocycles. The molecular formula is C15H12Cl2N2O. The molecule has 0 amide bonds. The van der Waals surface area contributed by atoms with Crippen LogP contribution in [0.15, 0.2) is 24.4 Å². The Labute approximate surface area is 127 Å². The minimum atomic E-state index is 0.137. The van der Waals surface area contributed by atoms with Crippen molar-refractivity contribution < 1.29 is 4.79 Å². The normalized spacial score (nSPS) is 14.8. The molecule has 0 aliphatic heterocycles. The summed E-state index contributed by atoms with van der Waals surface area (Å²) in [5.74, 6) is 0.718. The molecule has 0 atom stereocenters. The summed E-state index contributed by atoms with van der Waals surface area (Å²) in [5, 5.41) is 0.971. The van der Waals surface area contributed by atoms with Gasteiger partial charge < -0.3 is 0 Å². The van der Waals surface area contributed by atoms with E-state index in [1.165, 1.54) is 0 Å². The standard InChI is InChI=1S/C15H12Cl2N2O/c16-11-6-5-9(7-12(11)17)15-18-8-10-13(19-15)3-1-2-4-14(10)20/h5-8H,1-4H2. The minimum Gasteiger partial charge on any atom is -0.294 e. The highest BCUT2D eigenvalue weighted by atomic mass is 35.5. The van der Waals surface area contributed by atoms with Crippen molar-refractivity contribution in [2.75, 3.05) is 0 Å². The van der Waals surface area contributed by atoms with Gasteiger partial charge in [-0.05, 0) is 37.5 Å². The number of fused-ring (bicyclic) bond motifs is 1. The SMILES string of the molecule is O=C1CCCCc2nc(-c3ccc(Cl)c(Cl)c3)ncc21. The summed E-state index contributed by atoms with van der Waals surface area (Å²) in [7, 11) is 0. The molecule has 2 aromatic rings. The van der Waals surface area contributed by atoms with E-state index in [2.05, 4.69) is 9.97 Å². The largest absolute Gasteiger partial charge is 0.294 e. The maximum absolute atomic E-state index is 11.9. The predicted molar refractivity (Wildman–Crippen MR) is 79.4 cm³/mol. The summed E-state index contributed by atoms with van der Waals surface area (Å²) >= 11 is 11.9. The first kappa shape index (κ1) is 13.5.